The quantitative estimate of drug-likeness (QED) is 0.737. The van der Waals surface area contributed by atoms with Gasteiger partial charge in [0.05, 0.1) is 24.1 Å². The van der Waals surface area contributed by atoms with Gasteiger partial charge in [-0.1, -0.05) is 0 Å². The van der Waals surface area contributed by atoms with Crippen molar-refractivity contribution in [2.75, 3.05) is 16.8 Å². The molecule has 3 rings (SSSR count). The molecule has 1 atom stereocenters. The molecule has 29 heavy (non-hydrogen) atoms. The van der Waals surface area contributed by atoms with Crippen LogP contribution in [0, 0.1) is 0 Å². The largest absolute Gasteiger partial charge is 0.573 e. The molecule has 154 valence electrons. The first-order valence-corrected chi connectivity index (χ1v) is 8.88. The molecule has 0 bridgehead atoms. The number of hydrogen-bond acceptors (Lipinski definition) is 5. The van der Waals surface area contributed by atoms with Gasteiger partial charge in [0, 0.05) is 12.7 Å². The van der Waals surface area contributed by atoms with Crippen LogP contribution in [0.4, 0.5) is 29.3 Å². The maximum Gasteiger partial charge on any atom is 0.573 e. The minimum atomic E-state index is -4.82. The lowest BCUT2D eigenvalue weighted by Gasteiger charge is -2.21. The number of imide groups is 1. The Bertz CT molecular complexity index is 902. The third-order valence-electron chi connectivity index (χ3n) is 4.43. The zero-order valence-corrected chi connectivity index (χ0v) is 15.7. The van der Waals surface area contributed by atoms with E-state index in [4.69, 9.17) is 0 Å². The first-order valence-electron chi connectivity index (χ1n) is 8.88. The van der Waals surface area contributed by atoms with Crippen LogP contribution in [0.5, 0.6) is 5.75 Å². The average Bonchev–Trinajstić information content (AvgIpc) is 2.86. The molecule has 2 heterocycles. The number of ether oxygens (including phenoxy) is 1. The summed E-state index contributed by atoms with van der Waals surface area (Å²) in [4.78, 5) is 32.0. The molecule has 1 aliphatic heterocycles. The summed E-state index contributed by atoms with van der Waals surface area (Å²) in [7, 11) is 0. The van der Waals surface area contributed by atoms with Crippen LogP contribution in [0.15, 0.2) is 42.7 Å². The molecular formula is C19H19F3N4O3. The van der Waals surface area contributed by atoms with Crippen molar-refractivity contribution in [2.45, 2.75) is 32.8 Å². The number of carbonyl (C=O) groups excluding carboxylic acids is 2. The number of benzene rings is 1. The average molecular weight is 408 g/mol. The van der Waals surface area contributed by atoms with E-state index in [-0.39, 0.29) is 12.2 Å². The second kappa shape index (κ2) is 7.98. The normalized spacial score (nSPS) is 17.1. The Kier molecular flexibility index (Phi) is 5.62. The van der Waals surface area contributed by atoms with Crippen molar-refractivity contribution in [1.82, 2.24) is 9.88 Å². The number of nitrogens with one attached hydrogen (secondary N) is 1. The Hall–Kier alpha value is -3.30. The van der Waals surface area contributed by atoms with E-state index in [1.165, 1.54) is 17.0 Å². The molecule has 1 N–H and O–H groups in total. The first kappa shape index (κ1) is 20.4. The summed E-state index contributed by atoms with van der Waals surface area (Å²) in [6.45, 7) is 4.38. The van der Waals surface area contributed by atoms with Gasteiger partial charge in [0.2, 0.25) is 0 Å². The minimum Gasteiger partial charge on any atom is -0.406 e. The fraction of sp³-hybridized carbons (Fsp3) is 0.316. The fourth-order valence-electron chi connectivity index (χ4n) is 3.04. The van der Waals surface area contributed by atoms with Gasteiger partial charge < -0.3 is 15.0 Å². The van der Waals surface area contributed by atoms with Crippen molar-refractivity contribution in [1.29, 1.82) is 0 Å². The van der Waals surface area contributed by atoms with E-state index in [0.29, 0.717) is 6.54 Å². The van der Waals surface area contributed by atoms with Crippen molar-refractivity contribution >= 4 is 23.3 Å². The molecule has 2 aromatic rings. The Labute approximate surface area is 165 Å². The number of anilines is 2. The monoisotopic (exact) mass is 408 g/mol. The number of nitrogens with zero attached hydrogens (tertiary/aromatic N) is 3. The van der Waals surface area contributed by atoms with Crippen LogP contribution >= 0.6 is 0 Å². The van der Waals surface area contributed by atoms with Gasteiger partial charge in [-0.15, -0.1) is 13.2 Å². The fourth-order valence-corrected chi connectivity index (χ4v) is 3.04. The smallest absolute Gasteiger partial charge is 0.406 e. The van der Waals surface area contributed by atoms with Gasteiger partial charge in [-0.3, -0.25) is 9.78 Å². The lowest BCUT2D eigenvalue weighted by atomic mass is 10.2. The van der Waals surface area contributed by atoms with E-state index in [2.05, 4.69) is 15.0 Å². The molecule has 1 aliphatic rings. The summed E-state index contributed by atoms with van der Waals surface area (Å²) < 4.78 is 40.7. The number of pyridine rings is 1. The Balaban J connectivity index is 1.81. The van der Waals surface area contributed by atoms with Gasteiger partial charge in [0.1, 0.15) is 11.8 Å². The number of carbonyl (C=O) groups is 2. The van der Waals surface area contributed by atoms with Crippen molar-refractivity contribution in [3.63, 3.8) is 0 Å². The maximum absolute atomic E-state index is 12.9. The molecule has 7 nitrogen and oxygen atoms in total. The van der Waals surface area contributed by atoms with Crippen LogP contribution in [0.25, 0.3) is 0 Å². The maximum atomic E-state index is 12.9. The molecule has 0 aliphatic carbocycles. The highest BCUT2D eigenvalue weighted by molar-refractivity contribution is 6.21. The van der Waals surface area contributed by atoms with E-state index in [1.54, 1.807) is 25.4 Å². The zero-order chi connectivity index (χ0) is 21.2. The Morgan fingerprint density at radius 3 is 2.48 bits per heavy atom. The van der Waals surface area contributed by atoms with Gasteiger partial charge in [0.15, 0.2) is 0 Å². The SMILES string of the molecule is CCNc1cnccc1CN1C(=O)N(c2ccc(OC(F)(F)F)cc2)C(=O)C1C. The third kappa shape index (κ3) is 4.41. The van der Waals surface area contributed by atoms with Gasteiger partial charge >= 0.3 is 12.4 Å². The molecular weight excluding hydrogens is 389 g/mol. The van der Waals surface area contributed by atoms with Crippen molar-refractivity contribution in [3.05, 3.63) is 48.3 Å². The number of urea groups is 1. The molecule has 0 saturated carbocycles. The molecule has 1 fully saturated rings. The summed E-state index contributed by atoms with van der Waals surface area (Å²) in [5.41, 5.74) is 1.73. The van der Waals surface area contributed by atoms with E-state index in [9.17, 15) is 22.8 Å². The molecule has 1 unspecified atom stereocenters. The second-order valence-electron chi connectivity index (χ2n) is 6.36. The molecule has 1 saturated heterocycles. The highest BCUT2D eigenvalue weighted by atomic mass is 19.4. The highest BCUT2D eigenvalue weighted by Crippen LogP contribution is 2.30. The van der Waals surface area contributed by atoms with E-state index in [0.717, 1.165) is 28.3 Å². The minimum absolute atomic E-state index is 0.172. The number of hydrogen-bond donors (Lipinski definition) is 1. The van der Waals surface area contributed by atoms with Crippen LogP contribution < -0.4 is 15.0 Å². The van der Waals surface area contributed by atoms with Gasteiger partial charge in [0.25, 0.3) is 5.91 Å². The van der Waals surface area contributed by atoms with Crippen LogP contribution in [0.1, 0.15) is 19.4 Å². The van der Waals surface area contributed by atoms with Gasteiger partial charge in [-0.2, -0.15) is 0 Å². The van der Waals surface area contributed by atoms with Crippen LogP contribution in [0.2, 0.25) is 0 Å². The molecule has 1 aromatic carbocycles. The number of aromatic nitrogens is 1. The summed E-state index contributed by atoms with van der Waals surface area (Å²) in [5, 5.41) is 3.15. The van der Waals surface area contributed by atoms with Gasteiger partial charge in [-0.05, 0) is 49.7 Å². The van der Waals surface area contributed by atoms with Crippen molar-refractivity contribution in [3.8, 4) is 5.75 Å². The van der Waals surface area contributed by atoms with Crippen LogP contribution in [0.3, 0.4) is 0 Å². The van der Waals surface area contributed by atoms with E-state index < -0.39 is 30.1 Å². The van der Waals surface area contributed by atoms with Crippen LogP contribution in [-0.4, -0.2) is 40.8 Å². The Morgan fingerprint density at radius 2 is 1.86 bits per heavy atom. The number of halogens is 3. The third-order valence-corrected chi connectivity index (χ3v) is 4.43. The summed E-state index contributed by atoms with van der Waals surface area (Å²) in [5.74, 6) is -0.893. The first-order chi connectivity index (χ1) is 13.7. The van der Waals surface area contributed by atoms with E-state index >= 15 is 0 Å². The molecule has 0 radical (unpaired) electrons. The van der Waals surface area contributed by atoms with Gasteiger partial charge in [-0.25, -0.2) is 9.69 Å². The van der Waals surface area contributed by atoms with Crippen molar-refractivity contribution < 1.29 is 27.5 Å². The van der Waals surface area contributed by atoms with E-state index in [1.807, 2.05) is 6.92 Å². The summed E-state index contributed by atoms with van der Waals surface area (Å²) >= 11 is 0. The number of amides is 3. The predicted octanol–water partition coefficient (Wildman–Crippen LogP) is 3.77. The Morgan fingerprint density at radius 1 is 1.17 bits per heavy atom. The number of rotatable bonds is 6. The topological polar surface area (TPSA) is 74.8 Å². The lowest BCUT2D eigenvalue weighted by molar-refractivity contribution is -0.274. The summed E-state index contributed by atoms with van der Waals surface area (Å²) in [6, 6.07) is 5.08. The summed E-state index contributed by atoms with van der Waals surface area (Å²) in [6.07, 6.45) is -1.58. The van der Waals surface area contributed by atoms with Crippen LogP contribution in [-0.2, 0) is 11.3 Å². The predicted molar refractivity (Wildman–Crippen MR) is 99.4 cm³/mol. The zero-order valence-electron chi connectivity index (χ0n) is 15.7. The molecule has 0 spiro atoms. The molecule has 1 aromatic heterocycles. The standard InChI is InChI=1S/C19H19F3N4O3/c1-3-24-16-10-23-9-8-13(16)11-25-12(2)17(27)26(18(25)28)14-4-6-15(7-5-14)29-19(20,21)22/h4-10,12,24H,3,11H2,1-2H3. The van der Waals surface area contributed by atoms with Crippen molar-refractivity contribution in [2.24, 2.45) is 0 Å². The highest BCUT2D eigenvalue weighted by Gasteiger charge is 2.43. The molecule has 10 heteroatoms. The number of alkyl halides is 3. The molecule has 3 amide bonds. The lowest BCUT2D eigenvalue weighted by Crippen LogP contribution is -2.33. The second-order valence-corrected chi connectivity index (χ2v) is 6.36.